The Bertz CT molecular complexity index is 1320. The van der Waals surface area contributed by atoms with Crippen molar-refractivity contribution in [2.24, 2.45) is 0 Å². The zero-order valence-corrected chi connectivity index (χ0v) is 20.3. The van der Waals surface area contributed by atoms with Gasteiger partial charge in [0.2, 0.25) is 5.95 Å². The van der Waals surface area contributed by atoms with Crippen LogP contribution in [0.1, 0.15) is 24.8 Å². The molecule has 0 bridgehead atoms. The van der Waals surface area contributed by atoms with Crippen molar-refractivity contribution in [1.29, 1.82) is 0 Å². The van der Waals surface area contributed by atoms with Gasteiger partial charge in [0.1, 0.15) is 11.6 Å². The Balaban J connectivity index is 1.43. The van der Waals surface area contributed by atoms with E-state index < -0.39 is 5.82 Å². The molecule has 0 spiro atoms. The Kier molecular flexibility index (Phi) is 6.56. The van der Waals surface area contributed by atoms with Crippen molar-refractivity contribution < 1.29 is 9.13 Å². The van der Waals surface area contributed by atoms with Gasteiger partial charge in [0.15, 0.2) is 0 Å². The summed E-state index contributed by atoms with van der Waals surface area (Å²) in [6.07, 6.45) is 3.48. The quantitative estimate of drug-likeness (QED) is 0.360. The molecule has 1 aliphatic rings. The summed E-state index contributed by atoms with van der Waals surface area (Å²) in [5.41, 5.74) is 8.91. The van der Waals surface area contributed by atoms with E-state index in [1.165, 1.54) is 6.07 Å². The third-order valence-corrected chi connectivity index (χ3v) is 7.01. The molecular weight excluding hydrogens is 465 g/mol. The van der Waals surface area contributed by atoms with Gasteiger partial charge < -0.3 is 20.7 Å². The molecule has 0 atom stereocenters. The summed E-state index contributed by atoms with van der Waals surface area (Å²) in [6.45, 7) is 7.27. The van der Waals surface area contributed by atoms with Gasteiger partial charge >= 0.3 is 0 Å². The number of thiazole rings is 1. The topological polar surface area (TPSA) is 102 Å². The first-order valence-electron chi connectivity index (χ1n) is 11.4. The van der Waals surface area contributed by atoms with Gasteiger partial charge in [0.25, 0.3) is 0 Å². The van der Waals surface area contributed by atoms with Gasteiger partial charge in [0, 0.05) is 30.8 Å². The van der Waals surface area contributed by atoms with Crippen LogP contribution in [0.3, 0.4) is 0 Å². The maximum Gasteiger partial charge on any atom is 0.227 e. The molecular formula is C25H26FN7OS. The standard InChI is InChI=1S/C25H26FN7OS/c1-15(2)24-32-22(16-3-5-18(26)19(27)13-16)23(35-24)20-7-8-28-25(31-20)30-17-4-6-21(29-14-17)33-9-11-34-12-10-33/h3-8,13-15H,9-12,27H2,1-2H3,(H,28,30,31). The van der Waals surface area contributed by atoms with Crippen LogP contribution in [0.4, 0.5) is 27.5 Å². The highest BCUT2D eigenvalue weighted by Gasteiger charge is 2.19. The molecule has 35 heavy (non-hydrogen) atoms. The third-order valence-electron chi connectivity index (χ3n) is 5.63. The van der Waals surface area contributed by atoms with Gasteiger partial charge in [0.05, 0.1) is 52.1 Å². The molecule has 0 amide bonds. The third kappa shape index (κ3) is 5.08. The summed E-state index contributed by atoms with van der Waals surface area (Å²) < 4.78 is 19.2. The molecule has 8 nitrogen and oxygen atoms in total. The summed E-state index contributed by atoms with van der Waals surface area (Å²) >= 11 is 1.57. The first kappa shape index (κ1) is 23.1. The molecule has 1 fully saturated rings. The first-order valence-corrected chi connectivity index (χ1v) is 12.2. The van der Waals surface area contributed by atoms with Gasteiger partial charge in [-0.15, -0.1) is 11.3 Å². The summed E-state index contributed by atoms with van der Waals surface area (Å²) in [6, 6.07) is 10.5. The fourth-order valence-corrected chi connectivity index (χ4v) is 4.82. The van der Waals surface area contributed by atoms with Gasteiger partial charge in [-0.2, -0.15) is 0 Å². The zero-order chi connectivity index (χ0) is 24.4. The predicted molar refractivity (Wildman–Crippen MR) is 138 cm³/mol. The fourth-order valence-electron chi connectivity index (χ4n) is 3.76. The highest BCUT2D eigenvalue weighted by Crippen LogP contribution is 2.39. The number of anilines is 4. The molecule has 180 valence electrons. The number of hydrogen-bond donors (Lipinski definition) is 2. The van der Waals surface area contributed by atoms with Crippen LogP contribution in [0, 0.1) is 5.82 Å². The van der Waals surface area contributed by atoms with E-state index in [1.807, 2.05) is 18.2 Å². The van der Waals surface area contributed by atoms with Crippen LogP contribution < -0.4 is 16.0 Å². The van der Waals surface area contributed by atoms with Crippen LogP contribution in [0.15, 0.2) is 48.8 Å². The molecule has 3 N–H and O–H groups in total. The minimum atomic E-state index is -0.448. The lowest BCUT2D eigenvalue weighted by atomic mass is 10.1. The second-order valence-electron chi connectivity index (χ2n) is 8.52. The molecule has 0 radical (unpaired) electrons. The van der Waals surface area contributed by atoms with Crippen LogP contribution in [0.25, 0.3) is 21.8 Å². The van der Waals surface area contributed by atoms with E-state index >= 15 is 0 Å². The molecule has 4 heterocycles. The predicted octanol–water partition coefficient (Wildman–Crippen LogP) is 5.09. The fraction of sp³-hybridized carbons (Fsp3) is 0.280. The van der Waals surface area contributed by atoms with E-state index in [9.17, 15) is 4.39 Å². The molecule has 5 rings (SSSR count). The smallest absolute Gasteiger partial charge is 0.227 e. The van der Waals surface area contributed by atoms with Crippen LogP contribution >= 0.6 is 11.3 Å². The Morgan fingerprint density at radius 1 is 1.09 bits per heavy atom. The van der Waals surface area contributed by atoms with Crippen LogP contribution in [-0.2, 0) is 4.74 Å². The molecule has 1 aliphatic heterocycles. The van der Waals surface area contributed by atoms with E-state index in [-0.39, 0.29) is 11.6 Å². The van der Waals surface area contributed by atoms with Crippen LogP contribution in [0.5, 0.6) is 0 Å². The molecule has 1 aromatic carbocycles. The second kappa shape index (κ2) is 9.93. The Hall–Kier alpha value is -3.63. The number of rotatable bonds is 6. The lowest BCUT2D eigenvalue weighted by Gasteiger charge is -2.27. The van der Waals surface area contributed by atoms with E-state index in [0.29, 0.717) is 19.2 Å². The SMILES string of the molecule is CC(C)c1nc(-c2ccc(F)c(N)c2)c(-c2ccnc(Nc3ccc(N4CCOCC4)nc3)n2)s1. The normalized spacial score (nSPS) is 13.9. The first-order chi connectivity index (χ1) is 17.0. The number of nitrogen functional groups attached to an aromatic ring is 1. The highest BCUT2D eigenvalue weighted by molar-refractivity contribution is 7.15. The van der Waals surface area contributed by atoms with Crippen molar-refractivity contribution >= 4 is 34.5 Å². The number of nitrogens with zero attached hydrogens (tertiary/aromatic N) is 5. The zero-order valence-electron chi connectivity index (χ0n) is 19.5. The van der Waals surface area contributed by atoms with E-state index in [4.69, 9.17) is 20.4 Å². The average molecular weight is 492 g/mol. The largest absolute Gasteiger partial charge is 0.396 e. The Labute approximate surface area is 207 Å². The number of nitrogens with two attached hydrogens (primary N) is 1. The van der Waals surface area contributed by atoms with Crippen molar-refractivity contribution in [3.63, 3.8) is 0 Å². The average Bonchev–Trinajstić information content (AvgIpc) is 3.33. The molecule has 0 unspecified atom stereocenters. The number of benzene rings is 1. The Morgan fingerprint density at radius 3 is 2.63 bits per heavy atom. The second-order valence-corrected chi connectivity index (χ2v) is 9.55. The van der Waals surface area contributed by atoms with Gasteiger partial charge in [-0.25, -0.2) is 24.3 Å². The number of halogens is 1. The summed E-state index contributed by atoms with van der Waals surface area (Å²) in [4.78, 5) is 21.6. The van der Waals surface area contributed by atoms with Crippen LogP contribution in [-0.4, -0.2) is 46.2 Å². The van der Waals surface area contributed by atoms with Crippen LogP contribution in [0.2, 0.25) is 0 Å². The maximum atomic E-state index is 13.8. The summed E-state index contributed by atoms with van der Waals surface area (Å²) in [7, 11) is 0. The van der Waals surface area contributed by atoms with E-state index in [1.54, 1.807) is 35.9 Å². The molecule has 1 saturated heterocycles. The number of morpholine rings is 1. The highest BCUT2D eigenvalue weighted by atomic mass is 32.1. The molecule has 0 aliphatic carbocycles. The van der Waals surface area contributed by atoms with Crippen molar-refractivity contribution in [2.75, 3.05) is 42.3 Å². The van der Waals surface area contributed by atoms with Gasteiger partial charge in [-0.1, -0.05) is 13.8 Å². The van der Waals surface area contributed by atoms with Crippen molar-refractivity contribution in [3.05, 3.63) is 59.6 Å². The number of aromatic nitrogens is 4. The number of nitrogens with one attached hydrogen (secondary N) is 1. The van der Waals surface area contributed by atoms with Crippen molar-refractivity contribution in [1.82, 2.24) is 19.9 Å². The monoisotopic (exact) mass is 491 g/mol. The van der Waals surface area contributed by atoms with Gasteiger partial charge in [-0.3, -0.25) is 0 Å². The number of ether oxygens (including phenoxy) is 1. The van der Waals surface area contributed by atoms with E-state index in [0.717, 1.165) is 51.4 Å². The number of hydrogen-bond acceptors (Lipinski definition) is 9. The minimum absolute atomic E-state index is 0.0885. The maximum absolute atomic E-state index is 13.8. The summed E-state index contributed by atoms with van der Waals surface area (Å²) in [5, 5.41) is 4.20. The molecule has 0 saturated carbocycles. The van der Waals surface area contributed by atoms with Crippen molar-refractivity contribution in [3.8, 4) is 21.8 Å². The molecule has 4 aromatic rings. The van der Waals surface area contributed by atoms with Crippen molar-refractivity contribution in [2.45, 2.75) is 19.8 Å². The minimum Gasteiger partial charge on any atom is -0.396 e. The molecule has 10 heteroatoms. The van der Waals surface area contributed by atoms with Gasteiger partial charge in [-0.05, 0) is 36.4 Å². The lowest BCUT2D eigenvalue weighted by Crippen LogP contribution is -2.36. The Morgan fingerprint density at radius 2 is 1.91 bits per heavy atom. The number of pyridine rings is 1. The van der Waals surface area contributed by atoms with E-state index in [2.05, 4.69) is 34.0 Å². The lowest BCUT2D eigenvalue weighted by molar-refractivity contribution is 0.122. The summed E-state index contributed by atoms with van der Waals surface area (Å²) in [5.74, 6) is 1.16. The molecule has 3 aromatic heterocycles.